The number of hydrogen-bond donors (Lipinski definition) is 2. The summed E-state index contributed by atoms with van der Waals surface area (Å²) < 4.78 is 0. The quantitative estimate of drug-likeness (QED) is 0.796. The van der Waals surface area contributed by atoms with Crippen LogP contribution in [-0.4, -0.2) is 39.6 Å². The number of amides is 1. The van der Waals surface area contributed by atoms with Crippen molar-refractivity contribution in [2.75, 3.05) is 18.8 Å². The zero-order valence-corrected chi connectivity index (χ0v) is 10.2. The normalized spacial score (nSPS) is 18.3. The Morgan fingerprint density at radius 2 is 2.31 bits per heavy atom. The molecule has 0 aliphatic carbocycles. The molecule has 0 bridgehead atoms. The van der Waals surface area contributed by atoms with E-state index in [-0.39, 0.29) is 5.91 Å². The molecule has 3 N–H and O–H groups in total. The van der Waals surface area contributed by atoms with Gasteiger partial charge in [-0.05, 0) is 13.3 Å². The third kappa shape index (κ3) is 1.78. The Morgan fingerprint density at radius 1 is 1.69 bits per heavy atom. The third-order valence-electron chi connectivity index (χ3n) is 2.92. The van der Waals surface area contributed by atoms with E-state index in [2.05, 4.69) is 4.98 Å². The largest absolute Gasteiger partial charge is 0.386 e. The molecular formula is C10H15N3O2S. The minimum Gasteiger partial charge on any atom is -0.386 e. The molecular weight excluding hydrogens is 226 g/mol. The molecule has 2 heterocycles. The number of aliphatic hydroxyl groups is 1. The lowest BCUT2D eigenvalue weighted by molar-refractivity contribution is -0.0825. The summed E-state index contributed by atoms with van der Waals surface area (Å²) in [5.41, 5.74) is 5.52. The fraction of sp³-hybridized carbons (Fsp3) is 0.600. The lowest BCUT2D eigenvalue weighted by atomic mass is 9.91. The van der Waals surface area contributed by atoms with Crippen molar-refractivity contribution in [1.82, 2.24) is 9.88 Å². The van der Waals surface area contributed by atoms with Gasteiger partial charge >= 0.3 is 0 Å². The smallest absolute Gasteiger partial charge is 0.266 e. The number of β-amino-alcohol motifs (C(OH)–C–C–N with tert-alkyl or cyclic N) is 1. The fourth-order valence-corrected chi connectivity index (χ4v) is 2.59. The molecule has 1 aliphatic rings. The Balaban J connectivity index is 2.08. The van der Waals surface area contributed by atoms with Gasteiger partial charge in [0.25, 0.3) is 5.91 Å². The molecule has 1 aromatic heterocycles. The summed E-state index contributed by atoms with van der Waals surface area (Å²) in [6, 6.07) is 0. The maximum absolute atomic E-state index is 12.0. The maximum atomic E-state index is 12.0. The van der Waals surface area contributed by atoms with Crippen LogP contribution in [0.5, 0.6) is 0 Å². The number of anilines is 1. The molecule has 1 aromatic rings. The van der Waals surface area contributed by atoms with Crippen molar-refractivity contribution >= 4 is 22.4 Å². The molecule has 0 unspecified atom stereocenters. The van der Waals surface area contributed by atoms with Crippen LogP contribution in [0.2, 0.25) is 0 Å². The van der Waals surface area contributed by atoms with Gasteiger partial charge in [0.1, 0.15) is 4.88 Å². The summed E-state index contributed by atoms with van der Waals surface area (Å²) in [6.45, 7) is 4.49. The standard InChI is InChI=1S/C10H15N3O2S/c1-3-10(15)4-13(5-10)8(14)7-6(2)12-9(11)16-7/h15H,3-5H2,1-2H3,(H2,11,12). The number of carbonyl (C=O) groups is 1. The predicted molar refractivity (Wildman–Crippen MR) is 62.4 cm³/mol. The van der Waals surface area contributed by atoms with Crippen LogP contribution in [0.15, 0.2) is 0 Å². The topological polar surface area (TPSA) is 79.5 Å². The van der Waals surface area contributed by atoms with Gasteiger partial charge in [0, 0.05) is 0 Å². The minimum atomic E-state index is -0.695. The first kappa shape index (κ1) is 11.3. The van der Waals surface area contributed by atoms with Gasteiger partial charge in [-0.25, -0.2) is 4.98 Å². The van der Waals surface area contributed by atoms with Gasteiger partial charge in [0.15, 0.2) is 5.13 Å². The molecule has 2 rings (SSSR count). The molecule has 0 spiro atoms. The summed E-state index contributed by atoms with van der Waals surface area (Å²) in [7, 11) is 0. The van der Waals surface area contributed by atoms with E-state index in [0.29, 0.717) is 35.2 Å². The summed E-state index contributed by atoms with van der Waals surface area (Å²) in [5.74, 6) is -0.0789. The number of likely N-dealkylation sites (tertiary alicyclic amines) is 1. The zero-order valence-electron chi connectivity index (χ0n) is 9.36. The number of rotatable bonds is 2. The molecule has 1 amide bonds. The van der Waals surface area contributed by atoms with E-state index in [0.717, 1.165) is 0 Å². The maximum Gasteiger partial charge on any atom is 0.266 e. The number of aromatic nitrogens is 1. The lowest BCUT2D eigenvalue weighted by Gasteiger charge is -2.45. The van der Waals surface area contributed by atoms with E-state index in [1.807, 2.05) is 6.92 Å². The fourth-order valence-electron chi connectivity index (χ4n) is 1.79. The van der Waals surface area contributed by atoms with Crippen LogP contribution >= 0.6 is 11.3 Å². The highest BCUT2D eigenvalue weighted by Gasteiger charge is 2.42. The van der Waals surface area contributed by atoms with Gasteiger partial charge < -0.3 is 15.7 Å². The van der Waals surface area contributed by atoms with Gasteiger partial charge in [0.2, 0.25) is 0 Å². The number of nitrogens with two attached hydrogens (primary N) is 1. The SMILES string of the molecule is CCC1(O)CN(C(=O)c2sc(N)nc2C)C1. The van der Waals surface area contributed by atoms with Crippen LogP contribution in [0, 0.1) is 6.92 Å². The van der Waals surface area contributed by atoms with E-state index >= 15 is 0 Å². The van der Waals surface area contributed by atoms with Crippen molar-refractivity contribution < 1.29 is 9.90 Å². The zero-order chi connectivity index (χ0) is 11.9. The summed E-state index contributed by atoms with van der Waals surface area (Å²) in [6.07, 6.45) is 0.667. The first-order chi connectivity index (χ1) is 7.45. The molecule has 16 heavy (non-hydrogen) atoms. The first-order valence-electron chi connectivity index (χ1n) is 5.20. The highest BCUT2D eigenvalue weighted by molar-refractivity contribution is 7.17. The van der Waals surface area contributed by atoms with E-state index in [1.54, 1.807) is 11.8 Å². The molecule has 5 nitrogen and oxygen atoms in total. The third-order valence-corrected chi connectivity index (χ3v) is 3.90. The highest BCUT2D eigenvalue weighted by Crippen LogP contribution is 2.29. The second-order valence-corrected chi connectivity index (χ2v) is 5.24. The van der Waals surface area contributed by atoms with Gasteiger partial charge in [0.05, 0.1) is 24.4 Å². The Bertz CT molecular complexity index is 424. The number of thiazole rings is 1. The Hall–Kier alpha value is -1.14. The van der Waals surface area contributed by atoms with Gasteiger partial charge in [-0.1, -0.05) is 18.3 Å². The molecule has 0 radical (unpaired) electrons. The number of carbonyl (C=O) groups excluding carboxylic acids is 1. The van der Waals surface area contributed by atoms with Crippen LogP contribution in [0.1, 0.15) is 28.7 Å². The molecule has 0 aromatic carbocycles. The van der Waals surface area contributed by atoms with Gasteiger partial charge in [-0.3, -0.25) is 4.79 Å². The summed E-state index contributed by atoms with van der Waals surface area (Å²) in [4.78, 5) is 18.2. The van der Waals surface area contributed by atoms with Crippen LogP contribution < -0.4 is 5.73 Å². The number of hydrogen-bond acceptors (Lipinski definition) is 5. The van der Waals surface area contributed by atoms with Gasteiger partial charge in [-0.15, -0.1) is 0 Å². The molecule has 0 atom stereocenters. The monoisotopic (exact) mass is 241 g/mol. The Labute approximate surface area is 97.9 Å². The number of nitrogen functional groups attached to an aromatic ring is 1. The van der Waals surface area contributed by atoms with Crippen molar-refractivity contribution in [3.05, 3.63) is 10.6 Å². The van der Waals surface area contributed by atoms with Crippen LogP contribution in [-0.2, 0) is 0 Å². The number of aryl methyl sites for hydroxylation is 1. The van der Waals surface area contributed by atoms with E-state index in [4.69, 9.17) is 5.73 Å². The highest BCUT2D eigenvalue weighted by atomic mass is 32.1. The second-order valence-electron chi connectivity index (χ2n) is 4.21. The predicted octanol–water partition coefficient (Wildman–Crippen LogP) is 0.631. The lowest BCUT2D eigenvalue weighted by Crippen LogP contribution is -2.63. The van der Waals surface area contributed by atoms with E-state index < -0.39 is 5.60 Å². The van der Waals surface area contributed by atoms with Crippen molar-refractivity contribution in [3.8, 4) is 0 Å². The first-order valence-corrected chi connectivity index (χ1v) is 6.01. The Kier molecular flexibility index (Phi) is 2.63. The van der Waals surface area contributed by atoms with Crippen molar-refractivity contribution in [1.29, 1.82) is 0 Å². The molecule has 0 saturated carbocycles. The molecule has 1 aliphatic heterocycles. The average molecular weight is 241 g/mol. The van der Waals surface area contributed by atoms with Gasteiger partial charge in [-0.2, -0.15) is 0 Å². The molecule has 1 saturated heterocycles. The minimum absolute atomic E-state index is 0.0789. The second kappa shape index (κ2) is 3.71. The van der Waals surface area contributed by atoms with Crippen LogP contribution in [0.4, 0.5) is 5.13 Å². The van der Waals surface area contributed by atoms with Crippen molar-refractivity contribution in [3.63, 3.8) is 0 Å². The van der Waals surface area contributed by atoms with Crippen LogP contribution in [0.3, 0.4) is 0 Å². The Morgan fingerprint density at radius 3 is 2.75 bits per heavy atom. The number of nitrogens with zero attached hydrogens (tertiary/aromatic N) is 2. The molecule has 1 fully saturated rings. The van der Waals surface area contributed by atoms with Crippen molar-refractivity contribution in [2.24, 2.45) is 0 Å². The summed E-state index contributed by atoms with van der Waals surface area (Å²) >= 11 is 1.20. The van der Waals surface area contributed by atoms with Crippen molar-refractivity contribution in [2.45, 2.75) is 25.9 Å². The van der Waals surface area contributed by atoms with E-state index in [9.17, 15) is 9.90 Å². The summed E-state index contributed by atoms with van der Waals surface area (Å²) in [5, 5.41) is 10.2. The molecule has 88 valence electrons. The van der Waals surface area contributed by atoms with Crippen LogP contribution in [0.25, 0.3) is 0 Å². The average Bonchev–Trinajstić information content (AvgIpc) is 2.52. The molecule has 6 heteroatoms. The van der Waals surface area contributed by atoms with E-state index in [1.165, 1.54) is 11.3 Å².